The van der Waals surface area contributed by atoms with Crippen LogP contribution in [0, 0.1) is 13.8 Å². The molecule has 0 aliphatic heterocycles. The van der Waals surface area contributed by atoms with Crippen LogP contribution in [-0.2, 0) is 5.66 Å². The summed E-state index contributed by atoms with van der Waals surface area (Å²) in [6.45, 7) is 4.23. The van der Waals surface area contributed by atoms with Gasteiger partial charge in [-0.25, -0.2) is 0 Å². The van der Waals surface area contributed by atoms with Crippen LogP contribution in [0.5, 0.6) is 0 Å². The molecule has 0 saturated heterocycles. The van der Waals surface area contributed by atoms with Crippen molar-refractivity contribution in [3.8, 4) is 0 Å². The summed E-state index contributed by atoms with van der Waals surface area (Å²) < 4.78 is 4.41. The third-order valence-corrected chi connectivity index (χ3v) is 4.75. The lowest BCUT2D eigenvalue weighted by Crippen LogP contribution is -3.00. The van der Waals surface area contributed by atoms with Gasteiger partial charge in [-0.15, -0.1) is 0 Å². The molecule has 0 saturated carbocycles. The Labute approximate surface area is 180 Å². The fraction of sp³-hybridized carbons (Fsp3) is 0.143. The Kier molecular flexibility index (Phi) is 6.78. The highest BCUT2D eigenvalue weighted by Gasteiger charge is 2.47. The number of imidazole rings is 2. The summed E-state index contributed by atoms with van der Waals surface area (Å²) in [5.41, 5.74) is 4.37. The fourth-order valence-electron chi connectivity index (χ4n) is 3.45. The van der Waals surface area contributed by atoms with Gasteiger partial charge in [-0.05, 0) is 38.1 Å². The largest absolute Gasteiger partial charge is 1.00 e. The number of H-pyrrole nitrogens is 2. The van der Waals surface area contributed by atoms with Gasteiger partial charge in [0.15, 0.2) is 0 Å². The van der Waals surface area contributed by atoms with Crippen molar-refractivity contribution in [2.45, 2.75) is 19.5 Å². The van der Waals surface area contributed by atoms with Crippen LogP contribution in [0.3, 0.4) is 0 Å². The molecule has 0 bridgehead atoms. The van der Waals surface area contributed by atoms with E-state index in [2.05, 4.69) is 93.9 Å². The van der Waals surface area contributed by atoms with E-state index >= 15 is 0 Å². The number of nitrogens with zero attached hydrogens (tertiary/aromatic N) is 2. The molecular formula is C21H22Br2N4. The highest BCUT2D eigenvalue weighted by atomic mass is 79.9. The lowest BCUT2D eigenvalue weighted by Gasteiger charge is -2.28. The minimum Gasteiger partial charge on any atom is -1.00 e. The first kappa shape index (κ1) is 21.1. The normalized spacial score (nSPS) is 10.7. The van der Waals surface area contributed by atoms with Crippen molar-refractivity contribution in [3.63, 3.8) is 0 Å². The van der Waals surface area contributed by atoms with Gasteiger partial charge in [0.2, 0.25) is 12.7 Å². The van der Waals surface area contributed by atoms with Gasteiger partial charge in [-0.1, -0.05) is 35.4 Å². The van der Waals surface area contributed by atoms with E-state index in [1.807, 2.05) is 25.0 Å². The zero-order valence-electron chi connectivity index (χ0n) is 15.2. The smallest absolute Gasteiger partial charge is 0.305 e. The van der Waals surface area contributed by atoms with Crippen LogP contribution in [0.2, 0.25) is 0 Å². The topological polar surface area (TPSA) is 39.3 Å². The third-order valence-electron chi connectivity index (χ3n) is 4.75. The number of hydrogen-bond acceptors (Lipinski definition) is 0. The highest BCUT2D eigenvalue weighted by Crippen LogP contribution is 2.27. The average molecular weight is 490 g/mol. The van der Waals surface area contributed by atoms with Crippen LogP contribution >= 0.6 is 0 Å². The molecule has 0 fully saturated rings. The van der Waals surface area contributed by atoms with Crippen LogP contribution in [-0.4, -0.2) is 9.97 Å². The summed E-state index contributed by atoms with van der Waals surface area (Å²) in [4.78, 5) is 6.40. The van der Waals surface area contributed by atoms with Crippen LogP contribution in [0.15, 0.2) is 86.0 Å². The minimum atomic E-state index is -0.512. The van der Waals surface area contributed by atoms with Crippen molar-refractivity contribution in [3.05, 3.63) is 108 Å². The van der Waals surface area contributed by atoms with E-state index in [4.69, 9.17) is 0 Å². The van der Waals surface area contributed by atoms with Crippen LogP contribution < -0.4 is 43.1 Å². The molecule has 6 heteroatoms. The lowest BCUT2D eigenvalue weighted by molar-refractivity contribution is -0.971. The number of hydrogen-bond donors (Lipinski definition) is 2. The Balaban J connectivity index is 0.00000131. The molecular weight excluding hydrogens is 468 g/mol. The predicted molar refractivity (Wildman–Crippen MR) is 95.9 cm³/mol. The van der Waals surface area contributed by atoms with Gasteiger partial charge in [0.25, 0.3) is 0 Å². The molecule has 0 atom stereocenters. The van der Waals surface area contributed by atoms with Crippen molar-refractivity contribution < 1.29 is 43.1 Å². The van der Waals surface area contributed by atoms with Gasteiger partial charge in [-0.3, -0.25) is 9.97 Å². The standard InChI is InChI=1S/C21H20N4.2BrH/c1-17-3-7-19(8-4-17)21(24-13-11-22-15-24,25-14-12-23-16-25)20-9-5-18(2)6-10-20;;/h3-16H,1-2H3;2*1H. The average Bonchev–Trinajstić information content (AvgIpc) is 3.33. The summed E-state index contributed by atoms with van der Waals surface area (Å²) in [5.74, 6) is 0. The second-order valence-electron chi connectivity index (χ2n) is 6.44. The Hall–Kier alpha value is -2.18. The Morgan fingerprint density at radius 1 is 0.630 bits per heavy atom. The number of aryl methyl sites for hydroxylation is 2. The van der Waals surface area contributed by atoms with Crippen molar-refractivity contribution in [1.29, 1.82) is 0 Å². The summed E-state index contributed by atoms with van der Waals surface area (Å²) in [6, 6.07) is 17.5. The molecule has 140 valence electrons. The molecule has 0 amide bonds. The van der Waals surface area contributed by atoms with E-state index < -0.39 is 5.66 Å². The van der Waals surface area contributed by atoms with Gasteiger partial charge in [0.05, 0.1) is 0 Å². The second kappa shape index (κ2) is 8.67. The molecule has 0 radical (unpaired) electrons. The number of benzene rings is 2. The highest BCUT2D eigenvalue weighted by molar-refractivity contribution is 5.35. The van der Waals surface area contributed by atoms with Gasteiger partial charge >= 0.3 is 5.66 Å². The maximum Gasteiger partial charge on any atom is 0.305 e. The SMILES string of the molecule is Cc1ccc(C(c2ccc(C)cc2)([n+]2cc[nH]c2)[n+]2cc[nH]c2)cc1.[Br-].[Br-]. The van der Waals surface area contributed by atoms with Crippen LogP contribution in [0.1, 0.15) is 22.3 Å². The molecule has 4 rings (SSSR count). The summed E-state index contributed by atoms with van der Waals surface area (Å²) in [7, 11) is 0. The quantitative estimate of drug-likeness (QED) is 0.284. The Bertz CT molecular complexity index is 863. The zero-order valence-corrected chi connectivity index (χ0v) is 18.4. The first-order valence-corrected chi connectivity index (χ1v) is 8.44. The molecule has 2 aromatic carbocycles. The Morgan fingerprint density at radius 3 is 1.30 bits per heavy atom. The molecule has 0 aliphatic carbocycles. The summed E-state index contributed by atoms with van der Waals surface area (Å²) in [6.07, 6.45) is 12.0. The van der Waals surface area contributed by atoms with Crippen molar-refractivity contribution in [1.82, 2.24) is 9.97 Å². The number of aromatic amines is 2. The summed E-state index contributed by atoms with van der Waals surface area (Å²) >= 11 is 0. The molecule has 2 aromatic heterocycles. The van der Waals surface area contributed by atoms with Crippen molar-refractivity contribution >= 4 is 0 Å². The van der Waals surface area contributed by atoms with E-state index in [1.165, 1.54) is 22.3 Å². The van der Waals surface area contributed by atoms with E-state index in [9.17, 15) is 0 Å². The lowest BCUT2D eigenvalue weighted by atomic mass is 9.89. The van der Waals surface area contributed by atoms with E-state index in [-0.39, 0.29) is 34.0 Å². The first-order chi connectivity index (χ1) is 12.2. The molecule has 0 aliphatic rings. The zero-order chi connectivity index (χ0) is 17.3. The molecule has 2 heterocycles. The molecule has 0 unspecified atom stereocenters. The minimum absolute atomic E-state index is 0. The van der Waals surface area contributed by atoms with Crippen molar-refractivity contribution in [2.24, 2.45) is 0 Å². The van der Waals surface area contributed by atoms with E-state index in [1.54, 1.807) is 0 Å². The molecule has 4 aromatic rings. The number of nitrogens with one attached hydrogen (secondary N) is 2. The second-order valence-corrected chi connectivity index (χ2v) is 6.44. The summed E-state index contributed by atoms with van der Waals surface area (Å²) in [5, 5.41) is 0. The van der Waals surface area contributed by atoms with Gasteiger partial charge in [0, 0.05) is 11.1 Å². The van der Waals surface area contributed by atoms with Gasteiger partial charge in [0.1, 0.15) is 24.8 Å². The van der Waals surface area contributed by atoms with Gasteiger partial charge in [-0.2, -0.15) is 9.13 Å². The van der Waals surface area contributed by atoms with Crippen molar-refractivity contribution in [2.75, 3.05) is 0 Å². The predicted octanol–water partition coefficient (Wildman–Crippen LogP) is -3.16. The molecule has 0 spiro atoms. The maximum atomic E-state index is 3.20. The van der Waals surface area contributed by atoms with Gasteiger partial charge < -0.3 is 34.0 Å². The van der Waals surface area contributed by atoms with E-state index in [0.717, 1.165) is 0 Å². The van der Waals surface area contributed by atoms with Crippen LogP contribution in [0.4, 0.5) is 0 Å². The maximum absolute atomic E-state index is 3.20. The van der Waals surface area contributed by atoms with Crippen LogP contribution in [0.25, 0.3) is 0 Å². The third kappa shape index (κ3) is 3.64. The molecule has 27 heavy (non-hydrogen) atoms. The Morgan fingerprint density at radius 2 is 1.00 bits per heavy atom. The molecule has 2 N–H and O–H groups in total. The first-order valence-electron chi connectivity index (χ1n) is 8.44. The van der Waals surface area contributed by atoms with E-state index in [0.29, 0.717) is 0 Å². The fourth-order valence-corrected chi connectivity index (χ4v) is 3.45. The molecule has 4 nitrogen and oxygen atoms in total. The number of rotatable bonds is 4. The monoisotopic (exact) mass is 488 g/mol. The number of aromatic nitrogens is 4. The number of halogens is 2.